The first-order valence-electron chi connectivity index (χ1n) is 5.77. The van der Waals surface area contributed by atoms with Crippen molar-refractivity contribution in [1.29, 1.82) is 0 Å². The highest BCUT2D eigenvalue weighted by Crippen LogP contribution is 2.24. The van der Waals surface area contributed by atoms with Gasteiger partial charge in [-0.15, -0.1) is 0 Å². The van der Waals surface area contributed by atoms with Gasteiger partial charge in [0.1, 0.15) is 5.82 Å². The topological polar surface area (TPSA) is 67.6 Å². The highest BCUT2D eigenvalue weighted by molar-refractivity contribution is 5.72. The Bertz CT molecular complexity index is 703. The minimum atomic E-state index is -0.285. The van der Waals surface area contributed by atoms with Crippen molar-refractivity contribution in [3.8, 4) is 22.8 Å². The van der Waals surface area contributed by atoms with Gasteiger partial charge in [0, 0.05) is 16.8 Å². The molecular formula is C14H11FN4. The molecule has 0 bridgehead atoms. The van der Waals surface area contributed by atoms with Gasteiger partial charge in [0.05, 0.1) is 0 Å². The Labute approximate surface area is 109 Å². The molecule has 94 valence electrons. The lowest BCUT2D eigenvalue weighted by Crippen LogP contribution is -1.90. The molecule has 3 rings (SSSR count). The normalized spacial score (nSPS) is 10.6. The van der Waals surface area contributed by atoms with Crippen molar-refractivity contribution in [2.45, 2.75) is 0 Å². The number of H-pyrrole nitrogens is 1. The van der Waals surface area contributed by atoms with E-state index in [9.17, 15) is 4.39 Å². The van der Waals surface area contributed by atoms with Gasteiger partial charge in [0.25, 0.3) is 0 Å². The summed E-state index contributed by atoms with van der Waals surface area (Å²) in [6.45, 7) is 0. The Morgan fingerprint density at radius 2 is 1.74 bits per heavy atom. The Kier molecular flexibility index (Phi) is 2.72. The SMILES string of the molecule is Nc1ccccc1-c1nc(-c2ccc(F)cc2)n[nH]1. The van der Waals surface area contributed by atoms with Crippen LogP contribution in [0.5, 0.6) is 0 Å². The zero-order valence-electron chi connectivity index (χ0n) is 9.97. The zero-order chi connectivity index (χ0) is 13.2. The number of rotatable bonds is 2. The minimum Gasteiger partial charge on any atom is -0.398 e. The van der Waals surface area contributed by atoms with Crippen molar-refractivity contribution in [3.63, 3.8) is 0 Å². The molecule has 5 heteroatoms. The van der Waals surface area contributed by atoms with Gasteiger partial charge in [0.15, 0.2) is 11.6 Å². The van der Waals surface area contributed by atoms with Gasteiger partial charge in [-0.25, -0.2) is 9.37 Å². The number of hydrogen-bond donors (Lipinski definition) is 2. The summed E-state index contributed by atoms with van der Waals surface area (Å²) in [5.74, 6) is 0.822. The number of nitrogens with one attached hydrogen (secondary N) is 1. The predicted molar refractivity (Wildman–Crippen MR) is 71.6 cm³/mol. The predicted octanol–water partition coefficient (Wildman–Crippen LogP) is 2.86. The van der Waals surface area contributed by atoms with Crippen LogP contribution in [0.3, 0.4) is 0 Å². The van der Waals surface area contributed by atoms with Crippen molar-refractivity contribution < 1.29 is 4.39 Å². The van der Waals surface area contributed by atoms with E-state index in [-0.39, 0.29) is 5.82 Å². The smallest absolute Gasteiger partial charge is 0.181 e. The van der Waals surface area contributed by atoms with Crippen LogP contribution in [0, 0.1) is 5.82 Å². The van der Waals surface area contributed by atoms with E-state index in [4.69, 9.17) is 5.73 Å². The zero-order valence-corrected chi connectivity index (χ0v) is 9.97. The molecule has 0 spiro atoms. The van der Waals surface area contributed by atoms with Crippen molar-refractivity contribution >= 4 is 5.69 Å². The maximum Gasteiger partial charge on any atom is 0.181 e. The number of nitrogen functional groups attached to an aromatic ring is 1. The summed E-state index contributed by atoms with van der Waals surface area (Å²) in [6.07, 6.45) is 0. The van der Waals surface area contributed by atoms with Gasteiger partial charge in [-0.3, -0.25) is 5.10 Å². The van der Waals surface area contributed by atoms with E-state index in [1.807, 2.05) is 18.2 Å². The lowest BCUT2D eigenvalue weighted by atomic mass is 10.1. The van der Waals surface area contributed by atoms with Crippen LogP contribution >= 0.6 is 0 Å². The number of aromatic nitrogens is 3. The van der Waals surface area contributed by atoms with Gasteiger partial charge in [-0.05, 0) is 36.4 Å². The number of benzene rings is 2. The first kappa shape index (κ1) is 11.4. The Morgan fingerprint density at radius 3 is 2.47 bits per heavy atom. The van der Waals surface area contributed by atoms with Crippen LogP contribution < -0.4 is 5.73 Å². The summed E-state index contributed by atoms with van der Waals surface area (Å²) in [6, 6.07) is 13.4. The fraction of sp³-hybridized carbons (Fsp3) is 0. The lowest BCUT2D eigenvalue weighted by molar-refractivity contribution is 0.628. The number of halogens is 1. The second kappa shape index (κ2) is 4.53. The summed E-state index contributed by atoms with van der Waals surface area (Å²) in [5.41, 5.74) is 8.06. The molecule has 1 heterocycles. The largest absolute Gasteiger partial charge is 0.398 e. The van der Waals surface area contributed by atoms with Crippen molar-refractivity contribution in [3.05, 3.63) is 54.3 Å². The van der Waals surface area contributed by atoms with Crippen LogP contribution in [0.2, 0.25) is 0 Å². The number of anilines is 1. The van der Waals surface area contributed by atoms with Crippen LogP contribution in [-0.4, -0.2) is 15.2 Å². The third-order valence-electron chi connectivity index (χ3n) is 2.80. The second-order valence-electron chi connectivity index (χ2n) is 4.10. The Hall–Kier alpha value is -2.69. The van der Waals surface area contributed by atoms with Crippen LogP contribution in [-0.2, 0) is 0 Å². The van der Waals surface area contributed by atoms with Gasteiger partial charge in [-0.1, -0.05) is 12.1 Å². The number of hydrogen-bond acceptors (Lipinski definition) is 3. The maximum absolute atomic E-state index is 12.9. The monoisotopic (exact) mass is 254 g/mol. The molecule has 2 aromatic carbocycles. The van der Waals surface area contributed by atoms with Gasteiger partial charge >= 0.3 is 0 Å². The summed E-state index contributed by atoms with van der Waals surface area (Å²) in [4.78, 5) is 4.37. The number of nitrogens with two attached hydrogens (primary N) is 1. The van der Waals surface area contributed by atoms with E-state index in [0.29, 0.717) is 17.3 Å². The van der Waals surface area contributed by atoms with E-state index in [0.717, 1.165) is 11.1 Å². The molecule has 0 aliphatic carbocycles. The molecule has 0 aliphatic rings. The molecule has 0 fully saturated rings. The number of nitrogens with zero attached hydrogens (tertiary/aromatic N) is 2. The van der Waals surface area contributed by atoms with Gasteiger partial charge < -0.3 is 5.73 Å². The molecule has 19 heavy (non-hydrogen) atoms. The standard InChI is InChI=1S/C14H11FN4/c15-10-7-5-9(6-8-10)13-17-14(19-18-13)11-3-1-2-4-12(11)16/h1-8H,16H2,(H,17,18,19). The molecule has 0 aliphatic heterocycles. The molecule has 1 aromatic heterocycles. The Morgan fingerprint density at radius 1 is 1.00 bits per heavy atom. The Balaban J connectivity index is 2.00. The van der Waals surface area contributed by atoms with E-state index < -0.39 is 0 Å². The van der Waals surface area contributed by atoms with Crippen molar-refractivity contribution in [2.75, 3.05) is 5.73 Å². The maximum atomic E-state index is 12.9. The van der Waals surface area contributed by atoms with E-state index >= 15 is 0 Å². The summed E-state index contributed by atoms with van der Waals surface area (Å²) >= 11 is 0. The summed E-state index contributed by atoms with van der Waals surface area (Å²) < 4.78 is 12.9. The average Bonchev–Trinajstić information content (AvgIpc) is 2.89. The summed E-state index contributed by atoms with van der Waals surface area (Å²) in [7, 11) is 0. The van der Waals surface area contributed by atoms with E-state index in [1.54, 1.807) is 18.2 Å². The molecular weight excluding hydrogens is 243 g/mol. The lowest BCUT2D eigenvalue weighted by Gasteiger charge is -1.99. The third-order valence-corrected chi connectivity index (χ3v) is 2.80. The van der Waals surface area contributed by atoms with Crippen LogP contribution in [0.25, 0.3) is 22.8 Å². The number of para-hydroxylation sites is 1. The van der Waals surface area contributed by atoms with E-state index in [1.165, 1.54) is 12.1 Å². The minimum absolute atomic E-state index is 0.285. The quantitative estimate of drug-likeness (QED) is 0.691. The molecule has 0 saturated carbocycles. The van der Waals surface area contributed by atoms with E-state index in [2.05, 4.69) is 15.2 Å². The molecule has 3 N–H and O–H groups in total. The average molecular weight is 254 g/mol. The summed E-state index contributed by atoms with van der Waals surface area (Å²) in [5, 5.41) is 6.96. The molecule has 0 amide bonds. The van der Waals surface area contributed by atoms with Crippen LogP contribution in [0.1, 0.15) is 0 Å². The van der Waals surface area contributed by atoms with Crippen molar-refractivity contribution in [1.82, 2.24) is 15.2 Å². The van der Waals surface area contributed by atoms with Crippen LogP contribution in [0.15, 0.2) is 48.5 Å². The first-order chi connectivity index (χ1) is 9.24. The van der Waals surface area contributed by atoms with Gasteiger partial charge in [0.2, 0.25) is 0 Å². The third kappa shape index (κ3) is 2.18. The molecule has 0 unspecified atom stereocenters. The highest BCUT2D eigenvalue weighted by Gasteiger charge is 2.09. The van der Waals surface area contributed by atoms with Crippen LogP contribution in [0.4, 0.5) is 10.1 Å². The van der Waals surface area contributed by atoms with Gasteiger partial charge in [-0.2, -0.15) is 5.10 Å². The fourth-order valence-corrected chi connectivity index (χ4v) is 1.82. The molecule has 4 nitrogen and oxygen atoms in total. The second-order valence-corrected chi connectivity index (χ2v) is 4.10. The highest BCUT2D eigenvalue weighted by atomic mass is 19.1. The molecule has 0 saturated heterocycles. The molecule has 3 aromatic rings. The fourth-order valence-electron chi connectivity index (χ4n) is 1.82. The molecule has 0 atom stereocenters. The van der Waals surface area contributed by atoms with Crippen molar-refractivity contribution in [2.24, 2.45) is 0 Å². The first-order valence-corrected chi connectivity index (χ1v) is 5.77. The number of aromatic amines is 1. The molecule has 0 radical (unpaired) electrons.